The number of aliphatic hydroxyl groups excluding tert-OH is 1. The molecule has 3 nitrogen and oxygen atoms in total. The highest BCUT2D eigenvalue weighted by Crippen LogP contribution is 1.92. The summed E-state index contributed by atoms with van der Waals surface area (Å²) in [4.78, 5) is 0. The van der Waals surface area contributed by atoms with E-state index in [2.05, 4.69) is 5.32 Å². The van der Waals surface area contributed by atoms with E-state index in [0.29, 0.717) is 12.6 Å². The Kier molecular flexibility index (Phi) is 8.88. The minimum atomic E-state index is 0.301. The van der Waals surface area contributed by atoms with Gasteiger partial charge in [0, 0.05) is 12.6 Å². The van der Waals surface area contributed by atoms with Crippen molar-refractivity contribution >= 4 is 0 Å². The van der Waals surface area contributed by atoms with E-state index in [-0.39, 0.29) is 0 Å². The summed E-state index contributed by atoms with van der Waals surface area (Å²) < 4.78 is 0. The van der Waals surface area contributed by atoms with Gasteiger partial charge < -0.3 is 16.2 Å². The van der Waals surface area contributed by atoms with E-state index >= 15 is 0 Å². The number of rotatable bonds is 8. The molecule has 1 atom stereocenters. The Balaban J connectivity index is 2.82. The molecule has 0 saturated carbocycles. The molecule has 0 aliphatic rings. The summed E-state index contributed by atoms with van der Waals surface area (Å²) in [5, 5.41) is 11.8. The minimum Gasteiger partial charge on any atom is -0.396 e. The molecule has 0 radical (unpaired) electrons. The molecule has 0 spiro atoms. The molecule has 0 aromatic carbocycles. The third-order valence-corrected chi connectivity index (χ3v) is 1.79. The molecule has 0 saturated heterocycles. The first-order valence-corrected chi connectivity index (χ1v) is 4.84. The number of unbranched alkanes of at least 4 members (excludes halogenated alkanes) is 2. The van der Waals surface area contributed by atoms with Crippen molar-refractivity contribution in [3.63, 3.8) is 0 Å². The Morgan fingerprint density at radius 3 is 2.58 bits per heavy atom. The van der Waals surface area contributed by atoms with Crippen molar-refractivity contribution in [3.05, 3.63) is 0 Å². The highest BCUT2D eigenvalue weighted by atomic mass is 16.2. The summed E-state index contributed by atoms with van der Waals surface area (Å²) in [5.41, 5.74) is 5.58. The Bertz CT molecular complexity index is 86.6. The Labute approximate surface area is 75.3 Å². The number of aliphatic hydroxyl groups is 1. The van der Waals surface area contributed by atoms with Crippen molar-refractivity contribution in [1.82, 2.24) is 5.32 Å². The lowest BCUT2D eigenvalue weighted by Crippen LogP contribution is -2.24. The second-order valence-corrected chi connectivity index (χ2v) is 3.30. The van der Waals surface area contributed by atoms with Crippen LogP contribution in [0.1, 0.15) is 32.6 Å². The van der Waals surface area contributed by atoms with Crippen LogP contribution in [0.2, 0.25) is 0 Å². The summed E-state index contributed by atoms with van der Waals surface area (Å²) in [5.74, 6) is 0. The smallest absolute Gasteiger partial charge is 0.0431 e. The van der Waals surface area contributed by atoms with Gasteiger partial charge in [0.05, 0.1) is 0 Å². The Morgan fingerprint density at radius 2 is 2.00 bits per heavy atom. The van der Waals surface area contributed by atoms with Crippen LogP contribution in [0, 0.1) is 0 Å². The van der Waals surface area contributed by atoms with E-state index < -0.39 is 0 Å². The van der Waals surface area contributed by atoms with Gasteiger partial charge in [-0.2, -0.15) is 0 Å². The molecule has 0 aromatic rings. The van der Waals surface area contributed by atoms with E-state index in [9.17, 15) is 0 Å². The van der Waals surface area contributed by atoms with Crippen LogP contribution < -0.4 is 11.1 Å². The highest BCUT2D eigenvalue weighted by molar-refractivity contribution is 4.56. The SMILES string of the molecule is CC(N)CCNCCCCCO. The molecule has 12 heavy (non-hydrogen) atoms. The molecule has 4 N–H and O–H groups in total. The predicted molar refractivity (Wildman–Crippen MR) is 52.1 cm³/mol. The molecule has 0 bridgehead atoms. The normalized spacial score (nSPS) is 13.2. The molecule has 0 aliphatic carbocycles. The van der Waals surface area contributed by atoms with Gasteiger partial charge in [-0.05, 0) is 45.7 Å². The highest BCUT2D eigenvalue weighted by Gasteiger charge is 1.92. The van der Waals surface area contributed by atoms with Crippen molar-refractivity contribution < 1.29 is 5.11 Å². The average molecular weight is 174 g/mol. The first-order valence-electron chi connectivity index (χ1n) is 4.84. The maximum absolute atomic E-state index is 8.50. The van der Waals surface area contributed by atoms with Gasteiger partial charge in [0.2, 0.25) is 0 Å². The van der Waals surface area contributed by atoms with Crippen molar-refractivity contribution in [1.29, 1.82) is 0 Å². The fourth-order valence-electron chi connectivity index (χ4n) is 0.993. The van der Waals surface area contributed by atoms with Gasteiger partial charge in [0.25, 0.3) is 0 Å². The average Bonchev–Trinajstić information content (AvgIpc) is 2.02. The van der Waals surface area contributed by atoms with Crippen LogP contribution in [0.15, 0.2) is 0 Å². The summed E-state index contributed by atoms with van der Waals surface area (Å²) >= 11 is 0. The summed E-state index contributed by atoms with van der Waals surface area (Å²) in [6.45, 7) is 4.40. The van der Waals surface area contributed by atoms with Crippen molar-refractivity contribution in [2.24, 2.45) is 5.73 Å². The van der Waals surface area contributed by atoms with E-state index in [0.717, 1.165) is 38.8 Å². The van der Waals surface area contributed by atoms with E-state index in [4.69, 9.17) is 10.8 Å². The fourth-order valence-corrected chi connectivity index (χ4v) is 0.993. The van der Waals surface area contributed by atoms with Gasteiger partial charge in [0.1, 0.15) is 0 Å². The van der Waals surface area contributed by atoms with Gasteiger partial charge in [-0.1, -0.05) is 0 Å². The van der Waals surface area contributed by atoms with Crippen LogP contribution in [0.25, 0.3) is 0 Å². The fraction of sp³-hybridized carbons (Fsp3) is 1.00. The molecular weight excluding hydrogens is 152 g/mol. The third-order valence-electron chi connectivity index (χ3n) is 1.79. The van der Waals surface area contributed by atoms with Gasteiger partial charge in [-0.3, -0.25) is 0 Å². The van der Waals surface area contributed by atoms with Crippen molar-refractivity contribution in [2.75, 3.05) is 19.7 Å². The standard InChI is InChI=1S/C9H22N2O/c1-9(10)5-7-11-6-3-2-4-8-12/h9,11-12H,2-8,10H2,1H3. The molecule has 1 unspecified atom stereocenters. The summed E-state index contributed by atoms with van der Waals surface area (Å²) in [7, 11) is 0. The summed E-state index contributed by atoms with van der Waals surface area (Å²) in [6.07, 6.45) is 4.23. The molecule has 3 heteroatoms. The lowest BCUT2D eigenvalue weighted by atomic mass is 10.2. The Hall–Kier alpha value is -0.120. The molecule has 0 aromatic heterocycles. The van der Waals surface area contributed by atoms with E-state index in [1.165, 1.54) is 0 Å². The number of hydrogen-bond donors (Lipinski definition) is 3. The Morgan fingerprint density at radius 1 is 1.25 bits per heavy atom. The molecule has 0 amide bonds. The first-order chi connectivity index (χ1) is 5.77. The second kappa shape index (κ2) is 8.97. The first kappa shape index (κ1) is 11.9. The van der Waals surface area contributed by atoms with Crippen LogP contribution in [0.4, 0.5) is 0 Å². The molecule has 74 valence electrons. The van der Waals surface area contributed by atoms with Crippen LogP contribution in [-0.4, -0.2) is 30.8 Å². The largest absolute Gasteiger partial charge is 0.396 e. The molecule has 0 aliphatic heterocycles. The van der Waals surface area contributed by atoms with Gasteiger partial charge in [-0.25, -0.2) is 0 Å². The van der Waals surface area contributed by atoms with Gasteiger partial charge in [-0.15, -0.1) is 0 Å². The van der Waals surface area contributed by atoms with Gasteiger partial charge >= 0.3 is 0 Å². The molecule has 0 heterocycles. The third kappa shape index (κ3) is 9.88. The number of hydrogen-bond acceptors (Lipinski definition) is 3. The monoisotopic (exact) mass is 174 g/mol. The molecule has 0 rings (SSSR count). The molecular formula is C9H22N2O. The number of nitrogens with one attached hydrogen (secondary N) is 1. The zero-order valence-electron chi connectivity index (χ0n) is 8.05. The number of nitrogens with two attached hydrogens (primary N) is 1. The predicted octanol–water partition coefficient (Wildman–Crippen LogP) is 0.476. The van der Waals surface area contributed by atoms with Crippen LogP contribution >= 0.6 is 0 Å². The van der Waals surface area contributed by atoms with Crippen LogP contribution in [0.3, 0.4) is 0 Å². The van der Waals surface area contributed by atoms with Crippen LogP contribution in [0.5, 0.6) is 0 Å². The maximum Gasteiger partial charge on any atom is 0.0431 e. The zero-order valence-corrected chi connectivity index (χ0v) is 8.05. The minimum absolute atomic E-state index is 0.301. The maximum atomic E-state index is 8.50. The quantitative estimate of drug-likeness (QED) is 0.469. The lowest BCUT2D eigenvalue weighted by Gasteiger charge is -2.06. The lowest BCUT2D eigenvalue weighted by molar-refractivity contribution is 0.283. The van der Waals surface area contributed by atoms with E-state index in [1.54, 1.807) is 0 Å². The second-order valence-electron chi connectivity index (χ2n) is 3.30. The van der Waals surface area contributed by atoms with Crippen molar-refractivity contribution in [2.45, 2.75) is 38.6 Å². The zero-order chi connectivity index (χ0) is 9.23. The van der Waals surface area contributed by atoms with E-state index in [1.807, 2.05) is 6.92 Å². The topological polar surface area (TPSA) is 58.3 Å². The van der Waals surface area contributed by atoms with Crippen molar-refractivity contribution in [3.8, 4) is 0 Å². The van der Waals surface area contributed by atoms with Crippen LogP contribution in [-0.2, 0) is 0 Å². The molecule has 0 fully saturated rings. The summed E-state index contributed by atoms with van der Waals surface area (Å²) in [6, 6.07) is 0.301. The van der Waals surface area contributed by atoms with Gasteiger partial charge in [0.15, 0.2) is 0 Å².